The van der Waals surface area contributed by atoms with Crippen LogP contribution in [0.15, 0.2) is 18.2 Å². The van der Waals surface area contributed by atoms with Crippen LogP contribution < -0.4 is 20.1 Å². The molecule has 0 unspecified atom stereocenters. The molecular formula is C16H23ClF2N2O3. The molecule has 24 heavy (non-hydrogen) atoms. The number of carbonyl (C=O) groups is 1. The maximum absolute atomic E-state index is 12.4. The molecule has 0 bridgehead atoms. The Bertz CT molecular complexity index is 528. The van der Waals surface area contributed by atoms with Crippen molar-refractivity contribution in [3.05, 3.63) is 23.8 Å². The van der Waals surface area contributed by atoms with Gasteiger partial charge in [-0.05, 0) is 49.4 Å². The van der Waals surface area contributed by atoms with E-state index in [1.54, 1.807) is 12.1 Å². The molecule has 1 amide bonds. The number of nitrogens with one attached hydrogen (secondary N) is 2. The molecule has 0 heterocycles. The van der Waals surface area contributed by atoms with E-state index in [1.807, 2.05) is 0 Å². The van der Waals surface area contributed by atoms with E-state index in [0.29, 0.717) is 19.5 Å². The lowest BCUT2D eigenvalue weighted by Crippen LogP contribution is -2.35. The summed E-state index contributed by atoms with van der Waals surface area (Å²) in [7, 11) is 1.39. The second kappa shape index (κ2) is 10.3. The van der Waals surface area contributed by atoms with Crippen molar-refractivity contribution >= 4 is 18.3 Å². The van der Waals surface area contributed by atoms with Crippen molar-refractivity contribution < 1.29 is 23.0 Å². The van der Waals surface area contributed by atoms with Crippen LogP contribution in [0.2, 0.25) is 0 Å². The van der Waals surface area contributed by atoms with Gasteiger partial charge in [0.25, 0.3) is 0 Å². The van der Waals surface area contributed by atoms with Gasteiger partial charge in [-0.1, -0.05) is 6.07 Å². The third-order valence-electron chi connectivity index (χ3n) is 3.60. The number of rotatable bonds is 10. The van der Waals surface area contributed by atoms with Crippen molar-refractivity contribution in [2.45, 2.75) is 25.9 Å². The molecule has 0 aliphatic heterocycles. The van der Waals surface area contributed by atoms with Crippen molar-refractivity contribution in [1.82, 2.24) is 10.6 Å². The number of halogens is 3. The highest BCUT2D eigenvalue weighted by molar-refractivity contribution is 5.85. The van der Waals surface area contributed by atoms with Gasteiger partial charge in [0, 0.05) is 6.54 Å². The summed E-state index contributed by atoms with van der Waals surface area (Å²) in [6, 6.07) is 4.84. The molecule has 0 spiro atoms. The molecule has 1 aromatic rings. The summed E-state index contributed by atoms with van der Waals surface area (Å²) < 4.78 is 34.1. The maximum Gasteiger partial charge on any atom is 0.387 e. The number of carbonyl (C=O) groups excluding carboxylic acids is 1. The fourth-order valence-electron chi connectivity index (χ4n) is 2.19. The fourth-order valence-corrected chi connectivity index (χ4v) is 2.19. The van der Waals surface area contributed by atoms with Crippen LogP contribution in [0.25, 0.3) is 0 Å². The molecule has 5 nitrogen and oxygen atoms in total. The zero-order chi connectivity index (χ0) is 16.7. The first-order chi connectivity index (χ1) is 11.1. The predicted octanol–water partition coefficient (Wildman–Crippen LogP) is 2.38. The van der Waals surface area contributed by atoms with Crippen LogP contribution in [0.5, 0.6) is 11.5 Å². The molecule has 0 atom stereocenters. The Hall–Kier alpha value is -1.60. The number of hydrogen-bond acceptors (Lipinski definition) is 4. The highest BCUT2D eigenvalue weighted by Crippen LogP contribution is 2.29. The minimum atomic E-state index is -2.91. The van der Waals surface area contributed by atoms with Gasteiger partial charge in [0.05, 0.1) is 13.7 Å². The van der Waals surface area contributed by atoms with Gasteiger partial charge in [-0.2, -0.15) is 8.78 Å². The lowest BCUT2D eigenvalue weighted by Gasteiger charge is -2.12. The number of amides is 1. The second-order valence-electron chi connectivity index (χ2n) is 5.54. The summed E-state index contributed by atoms with van der Waals surface area (Å²) in [4.78, 5) is 11.6. The molecule has 1 aromatic carbocycles. The standard InChI is InChI=1S/C16H22F2N2O3.ClH/c1-22-13-5-4-11(8-14(13)23-16(17)18)6-7-20-15(21)10-19-9-12-2-3-12;/h4-5,8,12,16,19H,2-3,6-7,9-10H2,1H3,(H,20,21);1H. The van der Waals surface area contributed by atoms with Crippen LogP contribution in [0.3, 0.4) is 0 Å². The predicted molar refractivity (Wildman–Crippen MR) is 89.2 cm³/mol. The smallest absolute Gasteiger partial charge is 0.387 e. The summed E-state index contributed by atoms with van der Waals surface area (Å²) in [5, 5.41) is 5.90. The largest absolute Gasteiger partial charge is 0.493 e. The topological polar surface area (TPSA) is 59.6 Å². The summed E-state index contributed by atoms with van der Waals surface area (Å²) >= 11 is 0. The van der Waals surface area contributed by atoms with Crippen molar-refractivity contribution in [1.29, 1.82) is 0 Å². The Morgan fingerprint density at radius 2 is 2.08 bits per heavy atom. The molecule has 1 saturated carbocycles. The van der Waals surface area contributed by atoms with E-state index < -0.39 is 6.61 Å². The van der Waals surface area contributed by atoms with E-state index in [1.165, 1.54) is 26.0 Å². The second-order valence-corrected chi connectivity index (χ2v) is 5.54. The van der Waals surface area contributed by atoms with E-state index >= 15 is 0 Å². The Morgan fingerprint density at radius 3 is 2.71 bits per heavy atom. The lowest BCUT2D eigenvalue weighted by atomic mass is 10.1. The first-order valence-corrected chi connectivity index (χ1v) is 7.67. The van der Waals surface area contributed by atoms with Crippen molar-refractivity contribution in [2.24, 2.45) is 5.92 Å². The molecule has 0 aromatic heterocycles. The number of hydrogen-bond donors (Lipinski definition) is 2. The van der Waals surface area contributed by atoms with Crippen LogP contribution in [0, 0.1) is 5.92 Å². The first-order valence-electron chi connectivity index (χ1n) is 7.67. The molecule has 136 valence electrons. The molecule has 1 fully saturated rings. The normalized spacial score (nSPS) is 13.3. The average Bonchev–Trinajstić information content (AvgIpc) is 3.31. The van der Waals surface area contributed by atoms with Crippen LogP contribution in [0.4, 0.5) is 8.78 Å². The molecule has 2 N–H and O–H groups in total. The summed E-state index contributed by atoms with van der Waals surface area (Å²) in [6.07, 6.45) is 3.02. The number of methoxy groups -OCH3 is 1. The van der Waals surface area contributed by atoms with Gasteiger partial charge in [-0.15, -0.1) is 12.4 Å². The van der Waals surface area contributed by atoms with E-state index in [2.05, 4.69) is 15.4 Å². The molecule has 2 rings (SSSR count). The Kier molecular flexibility index (Phi) is 8.78. The maximum atomic E-state index is 12.4. The van der Waals surface area contributed by atoms with Gasteiger partial charge in [0.2, 0.25) is 5.91 Å². The molecule has 1 aliphatic rings. The van der Waals surface area contributed by atoms with Crippen LogP contribution in [-0.4, -0.2) is 39.3 Å². The molecule has 1 aliphatic carbocycles. The summed E-state index contributed by atoms with van der Waals surface area (Å²) in [5.41, 5.74) is 0.785. The van der Waals surface area contributed by atoms with Gasteiger partial charge >= 0.3 is 6.61 Å². The lowest BCUT2D eigenvalue weighted by molar-refractivity contribution is -0.120. The summed E-state index contributed by atoms with van der Waals surface area (Å²) in [6.45, 7) is -1.28. The Balaban J connectivity index is 0.00000288. The van der Waals surface area contributed by atoms with E-state index in [9.17, 15) is 13.6 Å². The average molecular weight is 365 g/mol. The summed E-state index contributed by atoms with van der Waals surface area (Å²) in [5.74, 6) is 0.915. The van der Waals surface area contributed by atoms with Crippen LogP contribution in [0.1, 0.15) is 18.4 Å². The van der Waals surface area contributed by atoms with Gasteiger partial charge < -0.3 is 20.1 Å². The third-order valence-corrected chi connectivity index (χ3v) is 3.60. The van der Waals surface area contributed by atoms with Gasteiger partial charge in [0.15, 0.2) is 11.5 Å². The zero-order valence-electron chi connectivity index (χ0n) is 13.5. The molecule has 0 radical (unpaired) electrons. The first kappa shape index (κ1) is 20.4. The van der Waals surface area contributed by atoms with Crippen molar-refractivity contribution in [3.63, 3.8) is 0 Å². The fraction of sp³-hybridized carbons (Fsp3) is 0.562. The van der Waals surface area contributed by atoms with Crippen molar-refractivity contribution in [3.8, 4) is 11.5 Å². The highest BCUT2D eigenvalue weighted by Gasteiger charge is 2.20. The Labute approximate surface area is 146 Å². The number of ether oxygens (including phenoxy) is 2. The van der Waals surface area contributed by atoms with Gasteiger partial charge in [-0.25, -0.2) is 0 Å². The van der Waals surface area contributed by atoms with Crippen molar-refractivity contribution in [2.75, 3.05) is 26.7 Å². The quantitative estimate of drug-likeness (QED) is 0.669. The van der Waals surface area contributed by atoms with E-state index in [4.69, 9.17) is 4.74 Å². The third kappa shape index (κ3) is 7.31. The van der Waals surface area contributed by atoms with Crippen LogP contribution in [-0.2, 0) is 11.2 Å². The van der Waals surface area contributed by atoms with Gasteiger partial charge in [-0.3, -0.25) is 4.79 Å². The number of benzene rings is 1. The van der Waals surface area contributed by atoms with E-state index in [0.717, 1.165) is 18.0 Å². The Morgan fingerprint density at radius 1 is 1.33 bits per heavy atom. The van der Waals surface area contributed by atoms with E-state index in [-0.39, 0.29) is 29.8 Å². The monoisotopic (exact) mass is 364 g/mol. The number of alkyl halides is 2. The van der Waals surface area contributed by atoms with Crippen LogP contribution >= 0.6 is 12.4 Å². The minimum absolute atomic E-state index is 0. The molecule has 8 heteroatoms. The minimum Gasteiger partial charge on any atom is -0.493 e. The molecular weight excluding hydrogens is 342 g/mol. The highest BCUT2D eigenvalue weighted by atomic mass is 35.5. The zero-order valence-corrected chi connectivity index (χ0v) is 14.3. The SMILES string of the molecule is COc1ccc(CCNC(=O)CNCC2CC2)cc1OC(F)F.Cl. The molecule has 0 saturated heterocycles. The van der Waals surface area contributed by atoms with Gasteiger partial charge in [0.1, 0.15) is 0 Å².